The number of hydrogen-bond donors (Lipinski definition) is 1. The van der Waals surface area contributed by atoms with Crippen molar-refractivity contribution < 1.29 is 4.74 Å². The summed E-state index contributed by atoms with van der Waals surface area (Å²) in [6.45, 7) is 8.32. The number of rotatable bonds is 5. The zero-order valence-corrected chi connectivity index (χ0v) is 11.7. The first-order valence-corrected chi connectivity index (χ1v) is 7.08. The fourth-order valence-electron chi connectivity index (χ4n) is 2.75. The van der Waals surface area contributed by atoms with Crippen LogP contribution in [0.1, 0.15) is 30.9 Å². The van der Waals surface area contributed by atoms with E-state index in [1.807, 2.05) is 0 Å². The molecule has 0 saturated carbocycles. The molecule has 1 aliphatic heterocycles. The summed E-state index contributed by atoms with van der Waals surface area (Å²) in [4.78, 5) is 0. The largest absolute Gasteiger partial charge is 0.381 e. The minimum absolute atomic E-state index is 0.392. The first kappa shape index (κ1) is 13.6. The summed E-state index contributed by atoms with van der Waals surface area (Å²) >= 11 is 0. The molecule has 2 nitrogen and oxygen atoms in total. The van der Waals surface area contributed by atoms with E-state index in [2.05, 4.69) is 43.4 Å². The highest BCUT2D eigenvalue weighted by atomic mass is 16.5. The standard InChI is InChI=1S/C16H25NO/c1-3-17-13-16(8-10-18-11-9-16)12-15-6-4-14(2)5-7-15/h4-7,17H,3,8-13H2,1-2H3. The van der Waals surface area contributed by atoms with Crippen molar-refractivity contribution in [1.29, 1.82) is 0 Å². The third kappa shape index (κ3) is 3.56. The molecule has 1 aromatic carbocycles. The molecule has 0 amide bonds. The van der Waals surface area contributed by atoms with Crippen LogP contribution >= 0.6 is 0 Å². The van der Waals surface area contributed by atoms with Gasteiger partial charge < -0.3 is 10.1 Å². The molecule has 0 spiro atoms. The van der Waals surface area contributed by atoms with Crippen LogP contribution in [0.25, 0.3) is 0 Å². The first-order valence-electron chi connectivity index (χ1n) is 7.08. The van der Waals surface area contributed by atoms with Gasteiger partial charge in [0.15, 0.2) is 0 Å². The first-order chi connectivity index (χ1) is 8.74. The molecule has 1 aromatic rings. The third-order valence-corrected chi connectivity index (χ3v) is 4.00. The molecular formula is C16H25NO. The summed E-state index contributed by atoms with van der Waals surface area (Å²) in [6.07, 6.45) is 3.52. The molecule has 0 bridgehead atoms. The van der Waals surface area contributed by atoms with Gasteiger partial charge in [-0.05, 0) is 43.7 Å². The van der Waals surface area contributed by atoms with Crippen LogP contribution in [0.5, 0.6) is 0 Å². The highest BCUT2D eigenvalue weighted by molar-refractivity contribution is 5.22. The van der Waals surface area contributed by atoms with Crippen molar-refractivity contribution in [2.45, 2.75) is 33.1 Å². The van der Waals surface area contributed by atoms with Gasteiger partial charge in [0.05, 0.1) is 0 Å². The van der Waals surface area contributed by atoms with E-state index in [0.717, 1.165) is 26.3 Å². The summed E-state index contributed by atoms with van der Waals surface area (Å²) in [6, 6.07) is 8.99. The van der Waals surface area contributed by atoms with Crippen molar-refractivity contribution in [3.8, 4) is 0 Å². The Morgan fingerprint density at radius 1 is 1.17 bits per heavy atom. The molecule has 0 aromatic heterocycles. The molecule has 0 unspecified atom stereocenters. The summed E-state index contributed by atoms with van der Waals surface area (Å²) < 4.78 is 5.53. The molecule has 2 rings (SSSR count). The van der Waals surface area contributed by atoms with Gasteiger partial charge in [0.25, 0.3) is 0 Å². The van der Waals surface area contributed by atoms with E-state index in [1.54, 1.807) is 0 Å². The van der Waals surface area contributed by atoms with Crippen LogP contribution < -0.4 is 5.32 Å². The van der Waals surface area contributed by atoms with Gasteiger partial charge in [0.1, 0.15) is 0 Å². The second-order valence-electron chi connectivity index (χ2n) is 5.56. The minimum Gasteiger partial charge on any atom is -0.381 e. The Kier molecular flexibility index (Phi) is 4.79. The molecular weight excluding hydrogens is 222 g/mol. The molecule has 2 heteroatoms. The van der Waals surface area contributed by atoms with Gasteiger partial charge in [0, 0.05) is 19.8 Å². The lowest BCUT2D eigenvalue weighted by atomic mass is 9.75. The van der Waals surface area contributed by atoms with Crippen molar-refractivity contribution in [3.63, 3.8) is 0 Å². The van der Waals surface area contributed by atoms with Crippen molar-refractivity contribution >= 4 is 0 Å². The monoisotopic (exact) mass is 247 g/mol. The van der Waals surface area contributed by atoms with E-state index in [0.29, 0.717) is 5.41 Å². The quantitative estimate of drug-likeness (QED) is 0.864. The van der Waals surface area contributed by atoms with Crippen LogP contribution in [-0.4, -0.2) is 26.3 Å². The smallest absolute Gasteiger partial charge is 0.0471 e. The predicted octanol–water partition coefficient (Wildman–Crippen LogP) is 2.94. The normalized spacial score (nSPS) is 18.8. The number of benzene rings is 1. The van der Waals surface area contributed by atoms with E-state index >= 15 is 0 Å². The van der Waals surface area contributed by atoms with Crippen LogP contribution in [0.15, 0.2) is 24.3 Å². The Morgan fingerprint density at radius 3 is 2.44 bits per heavy atom. The average molecular weight is 247 g/mol. The molecule has 1 heterocycles. The van der Waals surface area contributed by atoms with Gasteiger partial charge in [-0.25, -0.2) is 0 Å². The second kappa shape index (κ2) is 6.35. The van der Waals surface area contributed by atoms with Crippen molar-refractivity contribution in [3.05, 3.63) is 35.4 Å². The molecule has 100 valence electrons. The summed E-state index contributed by atoms with van der Waals surface area (Å²) in [5.74, 6) is 0. The van der Waals surface area contributed by atoms with Crippen LogP contribution in [0.4, 0.5) is 0 Å². The maximum Gasteiger partial charge on any atom is 0.0471 e. The zero-order valence-electron chi connectivity index (χ0n) is 11.7. The maximum absolute atomic E-state index is 5.53. The lowest BCUT2D eigenvalue weighted by Crippen LogP contribution is -2.40. The lowest BCUT2D eigenvalue weighted by Gasteiger charge is -2.37. The fraction of sp³-hybridized carbons (Fsp3) is 0.625. The molecule has 0 atom stereocenters. The van der Waals surface area contributed by atoms with Crippen LogP contribution in [0.3, 0.4) is 0 Å². The SMILES string of the molecule is CCNCC1(Cc2ccc(C)cc2)CCOCC1. The van der Waals surface area contributed by atoms with Crippen LogP contribution in [0, 0.1) is 12.3 Å². The van der Waals surface area contributed by atoms with Crippen LogP contribution in [0.2, 0.25) is 0 Å². The van der Waals surface area contributed by atoms with Gasteiger partial charge >= 0.3 is 0 Å². The van der Waals surface area contributed by atoms with Crippen molar-refractivity contribution in [2.24, 2.45) is 5.41 Å². The van der Waals surface area contributed by atoms with Crippen molar-refractivity contribution in [1.82, 2.24) is 5.32 Å². The number of aryl methyl sites for hydroxylation is 1. The maximum atomic E-state index is 5.53. The van der Waals surface area contributed by atoms with Crippen molar-refractivity contribution in [2.75, 3.05) is 26.3 Å². The highest BCUT2D eigenvalue weighted by Gasteiger charge is 2.32. The summed E-state index contributed by atoms with van der Waals surface area (Å²) in [5, 5.41) is 3.53. The topological polar surface area (TPSA) is 21.3 Å². The molecule has 1 N–H and O–H groups in total. The van der Waals surface area contributed by atoms with E-state index in [1.165, 1.54) is 30.4 Å². The van der Waals surface area contributed by atoms with Gasteiger partial charge in [0.2, 0.25) is 0 Å². The lowest BCUT2D eigenvalue weighted by molar-refractivity contribution is 0.0152. The number of ether oxygens (including phenoxy) is 1. The van der Waals surface area contributed by atoms with Gasteiger partial charge in [-0.3, -0.25) is 0 Å². The third-order valence-electron chi connectivity index (χ3n) is 4.00. The Hall–Kier alpha value is -0.860. The molecule has 1 saturated heterocycles. The highest BCUT2D eigenvalue weighted by Crippen LogP contribution is 2.33. The Morgan fingerprint density at radius 2 is 1.83 bits per heavy atom. The fourth-order valence-corrected chi connectivity index (χ4v) is 2.75. The van der Waals surface area contributed by atoms with Crippen LogP contribution in [-0.2, 0) is 11.2 Å². The van der Waals surface area contributed by atoms with Gasteiger partial charge in [-0.2, -0.15) is 0 Å². The Labute approximate surface area is 111 Å². The molecule has 1 fully saturated rings. The summed E-state index contributed by atoms with van der Waals surface area (Å²) in [7, 11) is 0. The van der Waals surface area contributed by atoms with Gasteiger partial charge in [-0.1, -0.05) is 36.8 Å². The van der Waals surface area contributed by atoms with Gasteiger partial charge in [-0.15, -0.1) is 0 Å². The van der Waals surface area contributed by atoms with E-state index in [9.17, 15) is 0 Å². The summed E-state index contributed by atoms with van der Waals surface area (Å²) in [5.41, 5.74) is 3.19. The minimum atomic E-state index is 0.392. The Balaban J connectivity index is 2.06. The Bertz CT molecular complexity index is 352. The predicted molar refractivity (Wildman–Crippen MR) is 75.9 cm³/mol. The number of nitrogens with one attached hydrogen (secondary N) is 1. The second-order valence-corrected chi connectivity index (χ2v) is 5.56. The molecule has 1 aliphatic rings. The van der Waals surface area contributed by atoms with E-state index < -0.39 is 0 Å². The zero-order chi connectivity index (χ0) is 12.8. The van der Waals surface area contributed by atoms with E-state index in [4.69, 9.17) is 4.74 Å². The van der Waals surface area contributed by atoms with E-state index in [-0.39, 0.29) is 0 Å². The molecule has 0 radical (unpaired) electrons. The molecule has 0 aliphatic carbocycles. The average Bonchev–Trinajstić information content (AvgIpc) is 2.40. The number of hydrogen-bond acceptors (Lipinski definition) is 2. The molecule has 18 heavy (non-hydrogen) atoms.